The molecule has 0 aliphatic heterocycles. The van der Waals surface area contributed by atoms with E-state index in [4.69, 9.17) is 0 Å². The Hall–Kier alpha value is 0.170. The molecule has 0 fully saturated rings. The van der Waals surface area contributed by atoms with Gasteiger partial charge in [-0.05, 0) is 12.3 Å². The highest BCUT2D eigenvalue weighted by atomic mass is 31.0. The van der Waals surface area contributed by atoms with Crippen molar-refractivity contribution >= 4 is 9.24 Å². The monoisotopic (exact) mass is 112 g/mol. The maximum absolute atomic E-state index is 2.88. The predicted molar refractivity (Wildman–Crippen MR) is 34.3 cm³/mol. The topological polar surface area (TPSA) is 0 Å². The standard InChI is InChI=1S/C6H9P/c1-3-4-2-5(4)6(3)7/h3,6H,2,7H2,1H3. The van der Waals surface area contributed by atoms with E-state index >= 15 is 0 Å². The average Bonchev–Trinajstić information content (AvgIpc) is 2.39. The van der Waals surface area contributed by atoms with Gasteiger partial charge in [0.05, 0.1) is 0 Å². The summed E-state index contributed by atoms with van der Waals surface area (Å²) in [4.78, 5) is 0. The van der Waals surface area contributed by atoms with E-state index in [-0.39, 0.29) is 0 Å². The van der Waals surface area contributed by atoms with Gasteiger partial charge in [-0.25, -0.2) is 0 Å². The van der Waals surface area contributed by atoms with Gasteiger partial charge >= 0.3 is 0 Å². The van der Waals surface area contributed by atoms with Crippen LogP contribution >= 0.6 is 9.24 Å². The minimum Gasteiger partial charge on any atom is -0.129 e. The molecule has 0 bridgehead atoms. The fourth-order valence-electron chi connectivity index (χ4n) is 1.37. The summed E-state index contributed by atoms with van der Waals surface area (Å²) in [5.41, 5.74) is 4.35. The van der Waals surface area contributed by atoms with Crippen LogP contribution in [0.15, 0.2) is 11.1 Å². The highest BCUT2D eigenvalue weighted by Crippen LogP contribution is 2.56. The first-order valence-electron chi connectivity index (χ1n) is 2.78. The third-order valence-electron chi connectivity index (χ3n) is 2.16. The SMILES string of the molecule is CC1C2=C(C2)C1P. The minimum absolute atomic E-state index is 0.870. The van der Waals surface area contributed by atoms with E-state index in [1.54, 1.807) is 11.1 Å². The molecule has 3 unspecified atom stereocenters. The van der Waals surface area contributed by atoms with Gasteiger partial charge in [0.2, 0.25) is 0 Å². The second kappa shape index (κ2) is 0.951. The van der Waals surface area contributed by atoms with Crippen molar-refractivity contribution in [3.8, 4) is 0 Å². The Morgan fingerprint density at radius 1 is 1.57 bits per heavy atom. The quantitative estimate of drug-likeness (QED) is 0.329. The number of hydrogen-bond donors (Lipinski definition) is 0. The maximum atomic E-state index is 2.88. The summed E-state index contributed by atoms with van der Waals surface area (Å²) in [7, 11) is 2.88. The molecule has 1 heteroatoms. The van der Waals surface area contributed by atoms with E-state index in [0.717, 1.165) is 11.6 Å². The molecule has 38 valence electrons. The average molecular weight is 112 g/mol. The van der Waals surface area contributed by atoms with Crippen molar-refractivity contribution in [1.29, 1.82) is 0 Å². The van der Waals surface area contributed by atoms with Crippen molar-refractivity contribution in [2.75, 3.05) is 0 Å². The fraction of sp³-hybridized carbons (Fsp3) is 0.667. The van der Waals surface area contributed by atoms with Gasteiger partial charge in [-0.15, -0.1) is 9.24 Å². The molecule has 0 amide bonds. The largest absolute Gasteiger partial charge is 0.129 e. The van der Waals surface area contributed by atoms with Crippen LogP contribution in [0.2, 0.25) is 0 Å². The smallest absolute Gasteiger partial charge is 0.00133 e. The molecular formula is C6H9P. The van der Waals surface area contributed by atoms with Crippen molar-refractivity contribution in [3.63, 3.8) is 0 Å². The molecule has 0 saturated heterocycles. The number of rotatable bonds is 0. The highest BCUT2D eigenvalue weighted by Gasteiger charge is 2.43. The summed E-state index contributed by atoms with van der Waals surface area (Å²) in [6.45, 7) is 2.31. The van der Waals surface area contributed by atoms with Crippen LogP contribution in [0, 0.1) is 5.92 Å². The van der Waals surface area contributed by atoms with Crippen molar-refractivity contribution in [2.24, 2.45) is 5.92 Å². The Labute approximate surface area is 46.2 Å². The maximum Gasteiger partial charge on any atom is 0.00133 e. The first-order chi connectivity index (χ1) is 3.30. The molecule has 0 spiro atoms. The first kappa shape index (κ1) is 4.09. The van der Waals surface area contributed by atoms with Gasteiger partial charge in [-0.1, -0.05) is 18.1 Å². The Bertz CT molecular complexity index is 130. The zero-order chi connectivity index (χ0) is 5.02. The molecule has 2 aliphatic carbocycles. The van der Waals surface area contributed by atoms with E-state index in [2.05, 4.69) is 16.2 Å². The zero-order valence-electron chi connectivity index (χ0n) is 4.44. The van der Waals surface area contributed by atoms with Gasteiger partial charge in [0, 0.05) is 5.66 Å². The number of allylic oxidation sites excluding steroid dienone is 2. The normalized spacial score (nSPS) is 45.4. The minimum atomic E-state index is 0.870. The lowest BCUT2D eigenvalue weighted by atomic mass is 9.97. The van der Waals surface area contributed by atoms with E-state index < -0.39 is 0 Å². The fourth-order valence-corrected chi connectivity index (χ4v) is 1.93. The third-order valence-corrected chi connectivity index (χ3v) is 3.14. The molecule has 0 N–H and O–H groups in total. The van der Waals surface area contributed by atoms with Crippen LogP contribution < -0.4 is 0 Å². The lowest BCUT2D eigenvalue weighted by molar-refractivity contribution is 0.696. The summed E-state index contributed by atoms with van der Waals surface area (Å²) in [5.74, 6) is 0.917. The van der Waals surface area contributed by atoms with E-state index in [9.17, 15) is 0 Å². The Balaban J connectivity index is 2.28. The summed E-state index contributed by atoms with van der Waals surface area (Å²) >= 11 is 0. The molecule has 2 aliphatic rings. The van der Waals surface area contributed by atoms with E-state index in [1.165, 1.54) is 6.42 Å². The van der Waals surface area contributed by atoms with Gasteiger partial charge in [0.1, 0.15) is 0 Å². The highest BCUT2D eigenvalue weighted by molar-refractivity contribution is 7.18. The van der Waals surface area contributed by atoms with E-state index in [1.807, 2.05) is 0 Å². The van der Waals surface area contributed by atoms with Gasteiger partial charge in [0.15, 0.2) is 0 Å². The van der Waals surface area contributed by atoms with Crippen LogP contribution in [0.4, 0.5) is 0 Å². The lowest BCUT2D eigenvalue weighted by Crippen LogP contribution is -2.13. The zero-order valence-corrected chi connectivity index (χ0v) is 5.59. The lowest BCUT2D eigenvalue weighted by Gasteiger charge is -2.19. The molecule has 0 saturated carbocycles. The first-order valence-corrected chi connectivity index (χ1v) is 3.45. The van der Waals surface area contributed by atoms with Crippen LogP contribution in [-0.4, -0.2) is 5.66 Å². The Kier molecular flexibility index (Phi) is 0.555. The molecule has 0 heterocycles. The third kappa shape index (κ3) is 0.325. The van der Waals surface area contributed by atoms with Crippen LogP contribution in [0.25, 0.3) is 0 Å². The number of hydrogen-bond acceptors (Lipinski definition) is 0. The molecule has 0 aromatic rings. The van der Waals surface area contributed by atoms with Crippen LogP contribution in [0.1, 0.15) is 13.3 Å². The second-order valence-electron chi connectivity index (χ2n) is 2.54. The molecule has 0 aromatic carbocycles. The predicted octanol–water partition coefficient (Wildman–Crippen LogP) is 1.58. The molecule has 0 radical (unpaired) electrons. The summed E-state index contributed by atoms with van der Waals surface area (Å²) in [6.07, 6.45) is 1.37. The molecule has 2 rings (SSSR count). The van der Waals surface area contributed by atoms with Gasteiger partial charge in [0.25, 0.3) is 0 Å². The second-order valence-corrected chi connectivity index (χ2v) is 3.26. The molecule has 0 nitrogen and oxygen atoms in total. The van der Waals surface area contributed by atoms with Crippen molar-refractivity contribution < 1.29 is 0 Å². The van der Waals surface area contributed by atoms with Crippen molar-refractivity contribution in [3.05, 3.63) is 11.1 Å². The molecule has 3 atom stereocenters. The molecule has 7 heavy (non-hydrogen) atoms. The van der Waals surface area contributed by atoms with Crippen LogP contribution in [-0.2, 0) is 0 Å². The van der Waals surface area contributed by atoms with Crippen molar-refractivity contribution in [1.82, 2.24) is 0 Å². The summed E-state index contributed by atoms with van der Waals surface area (Å²) in [5, 5.41) is 0. The summed E-state index contributed by atoms with van der Waals surface area (Å²) in [6, 6.07) is 0. The van der Waals surface area contributed by atoms with Gasteiger partial charge in [-0.3, -0.25) is 0 Å². The summed E-state index contributed by atoms with van der Waals surface area (Å²) < 4.78 is 0. The molecular weight excluding hydrogens is 103 g/mol. The van der Waals surface area contributed by atoms with Gasteiger partial charge in [-0.2, -0.15) is 0 Å². The molecule has 0 aromatic heterocycles. The van der Waals surface area contributed by atoms with Crippen molar-refractivity contribution in [2.45, 2.75) is 19.0 Å². The van der Waals surface area contributed by atoms with E-state index in [0.29, 0.717) is 0 Å². The van der Waals surface area contributed by atoms with Gasteiger partial charge < -0.3 is 0 Å². The van der Waals surface area contributed by atoms with Crippen LogP contribution in [0.3, 0.4) is 0 Å². The Morgan fingerprint density at radius 2 is 2.29 bits per heavy atom. The van der Waals surface area contributed by atoms with Crippen LogP contribution in [0.5, 0.6) is 0 Å². The Morgan fingerprint density at radius 3 is 2.43 bits per heavy atom.